The molecule has 12 nitrogen and oxygen atoms in total. The lowest BCUT2D eigenvalue weighted by Crippen LogP contribution is -2.44. The second-order valence-corrected chi connectivity index (χ2v) is 12.6. The zero-order valence-electron chi connectivity index (χ0n) is 23.1. The highest BCUT2D eigenvalue weighted by atomic mass is 32.2. The van der Waals surface area contributed by atoms with Crippen molar-refractivity contribution in [1.82, 2.24) is 14.5 Å². The molecule has 0 fully saturated rings. The fourth-order valence-electron chi connectivity index (χ4n) is 3.53. The summed E-state index contributed by atoms with van der Waals surface area (Å²) in [5.41, 5.74) is -2.42. The molecule has 0 aliphatic heterocycles. The fraction of sp³-hybridized carbons (Fsp3) is 0.423. The van der Waals surface area contributed by atoms with E-state index < -0.39 is 43.9 Å². The van der Waals surface area contributed by atoms with Crippen LogP contribution in [0.4, 0.5) is 15.3 Å². The van der Waals surface area contributed by atoms with Crippen LogP contribution in [0.5, 0.6) is 5.75 Å². The van der Waals surface area contributed by atoms with E-state index in [-0.39, 0.29) is 23.3 Å². The van der Waals surface area contributed by atoms with Gasteiger partial charge in [0.15, 0.2) is 0 Å². The molecule has 2 aromatic heterocycles. The normalized spacial score (nSPS) is 12.2. The molecule has 210 valence electrons. The minimum atomic E-state index is -3.88. The highest BCUT2D eigenvalue weighted by Crippen LogP contribution is 2.29. The van der Waals surface area contributed by atoms with Crippen LogP contribution in [0.25, 0.3) is 11.0 Å². The van der Waals surface area contributed by atoms with Crippen LogP contribution in [0.2, 0.25) is 0 Å². The van der Waals surface area contributed by atoms with E-state index in [1.807, 2.05) is 0 Å². The van der Waals surface area contributed by atoms with Crippen LogP contribution >= 0.6 is 0 Å². The minimum Gasteiger partial charge on any atom is -0.496 e. The van der Waals surface area contributed by atoms with Crippen molar-refractivity contribution in [3.05, 3.63) is 52.4 Å². The lowest BCUT2D eigenvalue weighted by atomic mass is 10.2. The maximum absolute atomic E-state index is 13.5. The van der Waals surface area contributed by atoms with Crippen LogP contribution in [0.15, 0.2) is 46.5 Å². The fourth-order valence-corrected chi connectivity index (χ4v) is 4.02. The van der Waals surface area contributed by atoms with E-state index in [0.29, 0.717) is 16.2 Å². The molecular formula is C26H32N4O8S. The van der Waals surface area contributed by atoms with Gasteiger partial charge in [-0.1, -0.05) is 18.2 Å². The number of para-hydroxylation sites is 1. The van der Waals surface area contributed by atoms with Gasteiger partial charge in [-0.15, -0.1) is 0 Å². The number of benzene rings is 1. The highest BCUT2D eigenvalue weighted by Gasteiger charge is 2.35. The molecular weight excluding hydrogens is 528 g/mol. The van der Waals surface area contributed by atoms with E-state index in [9.17, 15) is 22.8 Å². The number of pyridine rings is 1. The number of nitrogens with zero attached hydrogens (tertiary/aromatic N) is 4. The van der Waals surface area contributed by atoms with E-state index in [4.69, 9.17) is 14.2 Å². The van der Waals surface area contributed by atoms with Crippen LogP contribution in [0.3, 0.4) is 0 Å². The zero-order chi connectivity index (χ0) is 29.3. The molecule has 3 aromatic rings. The molecule has 3 rings (SSSR count). The number of rotatable bonds is 5. The minimum absolute atomic E-state index is 0.0358. The lowest BCUT2D eigenvalue weighted by Gasteiger charge is -2.29. The molecule has 0 aliphatic rings. The second kappa shape index (κ2) is 10.6. The monoisotopic (exact) mass is 560 g/mol. The predicted octanol–water partition coefficient (Wildman–Crippen LogP) is 3.93. The van der Waals surface area contributed by atoms with Crippen LogP contribution in [-0.4, -0.2) is 59.7 Å². The number of ether oxygens (including phenoxy) is 3. The summed E-state index contributed by atoms with van der Waals surface area (Å²) in [7, 11) is -2.40. The molecule has 1 aromatic carbocycles. The third-order valence-electron chi connectivity index (χ3n) is 5.05. The first-order chi connectivity index (χ1) is 17.9. The van der Waals surface area contributed by atoms with Crippen molar-refractivity contribution in [2.75, 3.05) is 18.3 Å². The summed E-state index contributed by atoms with van der Waals surface area (Å²) in [5.74, 6) is 0.489. The Kier molecular flexibility index (Phi) is 8.06. The Balaban J connectivity index is 2.36. The SMILES string of the molecule is COc1ccccc1Cn1c(=O)cc(N(C(=O)OC(C)(C)C)C(=O)OC(C)(C)C)c2cnc(S(C)(=O)=O)nc21. The number of hydrogen-bond acceptors (Lipinski definition) is 10. The quantitative estimate of drug-likeness (QED) is 0.420. The smallest absolute Gasteiger partial charge is 0.424 e. The van der Waals surface area contributed by atoms with Gasteiger partial charge in [0.05, 0.1) is 24.7 Å². The molecule has 0 unspecified atom stereocenters. The molecule has 13 heteroatoms. The number of imide groups is 1. The Morgan fingerprint density at radius 2 is 1.56 bits per heavy atom. The van der Waals surface area contributed by atoms with Gasteiger partial charge in [0.25, 0.3) is 5.56 Å². The molecule has 0 bridgehead atoms. The number of carbonyl (C=O) groups is 2. The topological polar surface area (TPSA) is 147 Å². The number of fused-ring (bicyclic) bond motifs is 1. The van der Waals surface area contributed by atoms with Gasteiger partial charge in [-0.25, -0.2) is 23.0 Å². The number of methoxy groups -OCH3 is 1. The van der Waals surface area contributed by atoms with Gasteiger partial charge < -0.3 is 14.2 Å². The first kappa shape index (κ1) is 29.6. The molecule has 0 N–H and O–H groups in total. The third-order valence-corrected chi connectivity index (χ3v) is 5.91. The zero-order valence-corrected chi connectivity index (χ0v) is 24.0. The number of amides is 2. The van der Waals surface area contributed by atoms with Gasteiger partial charge in [-0.05, 0) is 47.6 Å². The van der Waals surface area contributed by atoms with Gasteiger partial charge in [-0.2, -0.15) is 9.88 Å². The van der Waals surface area contributed by atoms with Crippen molar-refractivity contribution >= 4 is 38.7 Å². The maximum atomic E-state index is 13.5. The summed E-state index contributed by atoms with van der Waals surface area (Å²) < 4.78 is 42.0. The average molecular weight is 561 g/mol. The molecule has 39 heavy (non-hydrogen) atoms. The summed E-state index contributed by atoms with van der Waals surface area (Å²) in [6.07, 6.45) is -0.151. The van der Waals surface area contributed by atoms with Crippen LogP contribution in [0.1, 0.15) is 47.1 Å². The Morgan fingerprint density at radius 3 is 2.08 bits per heavy atom. The van der Waals surface area contributed by atoms with E-state index in [1.165, 1.54) is 11.7 Å². The maximum Gasteiger partial charge on any atom is 0.424 e. The largest absolute Gasteiger partial charge is 0.496 e. The molecule has 2 amide bonds. The number of anilines is 1. The van der Waals surface area contributed by atoms with Crippen molar-refractivity contribution in [2.45, 2.75) is 64.4 Å². The molecule has 0 radical (unpaired) electrons. The Hall–Kier alpha value is -4.00. The van der Waals surface area contributed by atoms with E-state index in [0.717, 1.165) is 18.5 Å². The van der Waals surface area contributed by atoms with Crippen LogP contribution in [-0.2, 0) is 25.9 Å². The molecule has 0 saturated heterocycles. The van der Waals surface area contributed by atoms with Crippen molar-refractivity contribution in [3.8, 4) is 5.75 Å². The van der Waals surface area contributed by atoms with Gasteiger partial charge in [-0.3, -0.25) is 9.36 Å². The first-order valence-corrected chi connectivity index (χ1v) is 13.8. The van der Waals surface area contributed by atoms with Crippen molar-refractivity contribution < 1.29 is 32.2 Å². The number of aromatic nitrogens is 3. The van der Waals surface area contributed by atoms with Gasteiger partial charge in [0, 0.05) is 24.1 Å². The van der Waals surface area contributed by atoms with Gasteiger partial charge >= 0.3 is 12.2 Å². The summed E-state index contributed by atoms with van der Waals surface area (Å²) in [6.45, 7) is 9.63. The lowest BCUT2D eigenvalue weighted by molar-refractivity contribution is 0.0431. The van der Waals surface area contributed by atoms with Gasteiger partial charge in [0.1, 0.15) is 22.6 Å². The highest BCUT2D eigenvalue weighted by molar-refractivity contribution is 7.90. The Morgan fingerprint density at radius 1 is 1.00 bits per heavy atom. The summed E-state index contributed by atoms with van der Waals surface area (Å²) >= 11 is 0. The van der Waals surface area contributed by atoms with E-state index >= 15 is 0 Å². The second-order valence-electron chi connectivity index (χ2n) is 10.7. The van der Waals surface area contributed by atoms with Crippen molar-refractivity contribution in [1.29, 1.82) is 0 Å². The molecule has 0 atom stereocenters. The van der Waals surface area contributed by atoms with E-state index in [2.05, 4.69) is 9.97 Å². The van der Waals surface area contributed by atoms with Crippen LogP contribution in [0, 0.1) is 0 Å². The number of carbonyl (C=O) groups excluding carboxylic acids is 2. The molecule has 2 heterocycles. The Bertz CT molecular complexity index is 1560. The van der Waals surface area contributed by atoms with Crippen molar-refractivity contribution in [3.63, 3.8) is 0 Å². The summed E-state index contributed by atoms with van der Waals surface area (Å²) in [4.78, 5) is 48.7. The summed E-state index contributed by atoms with van der Waals surface area (Å²) in [6, 6.07) is 8.01. The molecule has 0 spiro atoms. The standard InChI is InChI=1S/C26H32N4O8S/c1-25(2,3)37-23(32)30(24(33)38-26(4,5)6)18-13-20(31)29(15-16-11-9-10-12-19(16)36-7)21-17(18)14-27-22(28-21)39(8,34)35/h9-14H,15H2,1-8H3. The molecule has 0 aliphatic carbocycles. The predicted molar refractivity (Wildman–Crippen MR) is 144 cm³/mol. The van der Waals surface area contributed by atoms with E-state index in [1.54, 1.807) is 65.8 Å². The van der Waals surface area contributed by atoms with Crippen molar-refractivity contribution in [2.24, 2.45) is 0 Å². The molecule has 0 saturated carbocycles. The Labute approximate surface area is 226 Å². The number of sulfone groups is 1. The third kappa shape index (κ3) is 7.11. The average Bonchev–Trinajstić information content (AvgIpc) is 2.78. The van der Waals surface area contributed by atoms with Crippen LogP contribution < -0.4 is 15.2 Å². The number of hydrogen-bond donors (Lipinski definition) is 0. The summed E-state index contributed by atoms with van der Waals surface area (Å²) in [5, 5.41) is -0.505. The first-order valence-electron chi connectivity index (χ1n) is 11.9. The van der Waals surface area contributed by atoms with Gasteiger partial charge in [0.2, 0.25) is 15.0 Å².